The van der Waals surface area contributed by atoms with Crippen LogP contribution in [0.25, 0.3) is 0 Å². The smallest absolute Gasteiger partial charge is 0.306 e. The molecule has 122 valence electrons. The summed E-state index contributed by atoms with van der Waals surface area (Å²) >= 11 is 0. The summed E-state index contributed by atoms with van der Waals surface area (Å²) in [6.07, 6.45) is 26.5. The largest absolute Gasteiger partial charge is 0.458 e. The zero-order valence-corrected chi connectivity index (χ0v) is 13.9. The molecule has 0 aromatic rings. The summed E-state index contributed by atoms with van der Waals surface area (Å²) in [6.45, 7) is 2.23. The molecule has 2 nitrogen and oxygen atoms in total. The van der Waals surface area contributed by atoms with Gasteiger partial charge in [0.25, 0.3) is 0 Å². The van der Waals surface area contributed by atoms with Crippen LogP contribution in [0, 0.1) is 0 Å². The quantitative estimate of drug-likeness (QED) is 0.225. The molecule has 1 aliphatic rings. The summed E-state index contributed by atoms with van der Waals surface area (Å²) < 4.78 is 5.21. The van der Waals surface area contributed by atoms with Gasteiger partial charge in [-0.3, -0.25) is 4.79 Å². The normalized spacial score (nSPS) is 19.9. The van der Waals surface area contributed by atoms with Gasteiger partial charge >= 0.3 is 5.97 Å². The van der Waals surface area contributed by atoms with Crippen molar-refractivity contribution in [2.45, 2.75) is 70.8 Å². The first-order valence-electron chi connectivity index (χ1n) is 8.65. The Hall–Kier alpha value is -1.57. The van der Waals surface area contributed by atoms with Crippen molar-refractivity contribution < 1.29 is 9.53 Å². The molecule has 0 amide bonds. The van der Waals surface area contributed by atoms with Crippen LogP contribution in [0.4, 0.5) is 0 Å². The van der Waals surface area contributed by atoms with E-state index in [-0.39, 0.29) is 12.1 Å². The van der Waals surface area contributed by atoms with Crippen LogP contribution in [0.15, 0.2) is 48.6 Å². The van der Waals surface area contributed by atoms with Crippen LogP contribution in [-0.2, 0) is 9.53 Å². The molecule has 0 aromatic carbocycles. The van der Waals surface area contributed by atoms with E-state index in [1.807, 2.05) is 18.2 Å². The third kappa shape index (κ3) is 10.2. The Morgan fingerprint density at radius 3 is 2.59 bits per heavy atom. The van der Waals surface area contributed by atoms with Gasteiger partial charge in [-0.1, -0.05) is 62.3 Å². The highest BCUT2D eigenvalue weighted by molar-refractivity contribution is 5.70. The molecule has 1 saturated heterocycles. The van der Waals surface area contributed by atoms with Crippen molar-refractivity contribution in [1.82, 2.24) is 0 Å². The van der Waals surface area contributed by atoms with Crippen LogP contribution in [0.3, 0.4) is 0 Å². The fraction of sp³-hybridized carbons (Fsp3) is 0.550. The van der Waals surface area contributed by atoms with Gasteiger partial charge in [0, 0.05) is 6.42 Å². The molecule has 0 bridgehead atoms. The molecule has 1 atom stereocenters. The van der Waals surface area contributed by atoms with Crippen molar-refractivity contribution >= 4 is 5.97 Å². The zero-order chi connectivity index (χ0) is 15.9. The number of carbonyl (C=O) groups excluding carboxylic acids is 1. The molecule has 22 heavy (non-hydrogen) atoms. The standard InChI is InChI=1S/C20H30O2/c1-2-3-4-5-6-7-8-9-10-11-12-13-14-16-19-17-15-18-20(21)22-19/h6-7,9-10,12-14,16,19H,2-5,8,11,15,17-18H2,1H3/b7-6+,10-9+,13-12+,16-14+. The third-order valence-electron chi connectivity index (χ3n) is 3.58. The van der Waals surface area contributed by atoms with Crippen molar-refractivity contribution in [3.63, 3.8) is 0 Å². The van der Waals surface area contributed by atoms with Gasteiger partial charge in [0.05, 0.1) is 0 Å². The molecule has 2 heteroatoms. The second kappa shape index (κ2) is 13.1. The highest BCUT2D eigenvalue weighted by Gasteiger charge is 2.16. The molecule has 1 aliphatic heterocycles. The lowest BCUT2D eigenvalue weighted by atomic mass is 10.1. The van der Waals surface area contributed by atoms with Gasteiger partial charge in [0.15, 0.2) is 0 Å². The van der Waals surface area contributed by atoms with Gasteiger partial charge in [-0.05, 0) is 44.6 Å². The number of rotatable bonds is 10. The molecular weight excluding hydrogens is 272 g/mol. The summed E-state index contributed by atoms with van der Waals surface area (Å²) in [7, 11) is 0. The summed E-state index contributed by atoms with van der Waals surface area (Å²) in [6, 6.07) is 0. The first kappa shape index (κ1) is 18.5. The van der Waals surface area contributed by atoms with E-state index in [1.54, 1.807) is 0 Å². The molecule has 0 aliphatic carbocycles. The first-order valence-corrected chi connectivity index (χ1v) is 8.65. The molecular formula is C20H30O2. The molecule has 0 saturated carbocycles. The first-order chi connectivity index (χ1) is 10.8. The van der Waals surface area contributed by atoms with Crippen molar-refractivity contribution in [3.05, 3.63) is 48.6 Å². The fourth-order valence-corrected chi connectivity index (χ4v) is 2.29. The maximum Gasteiger partial charge on any atom is 0.306 e. The van der Waals surface area contributed by atoms with Crippen LogP contribution in [0.1, 0.15) is 64.7 Å². The molecule has 0 spiro atoms. The zero-order valence-electron chi connectivity index (χ0n) is 13.9. The van der Waals surface area contributed by atoms with E-state index in [0.29, 0.717) is 6.42 Å². The SMILES string of the molecule is CCCCC/C=C/C/C=C/C/C=C/C=C/C1CCCC(=O)O1. The highest BCUT2D eigenvalue weighted by atomic mass is 16.5. The van der Waals surface area contributed by atoms with Gasteiger partial charge < -0.3 is 4.74 Å². The number of allylic oxidation sites excluding steroid dienone is 7. The minimum absolute atomic E-state index is 0.0284. The van der Waals surface area contributed by atoms with Crippen molar-refractivity contribution in [3.8, 4) is 0 Å². The van der Waals surface area contributed by atoms with Crippen molar-refractivity contribution in [2.75, 3.05) is 0 Å². The summed E-state index contributed by atoms with van der Waals surface area (Å²) in [4.78, 5) is 11.1. The Morgan fingerprint density at radius 2 is 1.82 bits per heavy atom. The fourth-order valence-electron chi connectivity index (χ4n) is 2.29. The highest BCUT2D eigenvalue weighted by Crippen LogP contribution is 2.14. The van der Waals surface area contributed by atoms with E-state index in [1.165, 1.54) is 25.7 Å². The number of hydrogen-bond acceptors (Lipinski definition) is 2. The maximum absolute atomic E-state index is 11.1. The van der Waals surface area contributed by atoms with Crippen LogP contribution in [0.5, 0.6) is 0 Å². The minimum atomic E-state index is -0.0736. The monoisotopic (exact) mass is 302 g/mol. The van der Waals surface area contributed by atoms with Gasteiger partial charge in [-0.25, -0.2) is 0 Å². The Morgan fingerprint density at radius 1 is 1.05 bits per heavy atom. The molecule has 0 aromatic heterocycles. The number of ether oxygens (including phenoxy) is 1. The predicted molar refractivity (Wildman–Crippen MR) is 93.7 cm³/mol. The van der Waals surface area contributed by atoms with E-state index >= 15 is 0 Å². The number of unbranched alkanes of at least 4 members (excludes halogenated alkanes) is 3. The molecule has 0 N–H and O–H groups in total. The Labute approximate surface area is 135 Å². The lowest BCUT2D eigenvalue weighted by Gasteiger charge is -2.18. The lowest BCUT2D eigenvalue weighted by molar-refractivity contribution is -0.150. The Balaban J connectivity index is 2.03. The van der Waals surface area contributed by atoms with E-state index in [2.05, 4.69) is 37.3 Å². The number of cyclic esters (lactones) is 1. The van der Waals surface area contributed by atoms with E-state index in [4.69, 9.17) is 4.74 Å². The Bertz CT molecular complexity index is 402. The van der Waals surface area contributed by atoms with Crippen LogP contribution in [0.2, 0.25) is 0 Å². The molecule has 1 rings (SSSR count). The number of carbonyl (C=O) groups is 1. The second-order valence-corrected chi connectivity index (χ2v) is 5.64. The number of hydrogen-bond donors (Lipinski definition) is 0. The van der Waals surface area contributed by atoms with E-state index in [0.717, 1.165) is 25.7 Å². The topological polar surface area (TPSA) is 26.3 Å². The minimum Gasteiger partial charge on any atom is -0.458 e. The molecule has 1 heterocycles. The van der Waals surface area contributed by atoms with Gasteiger partial charge in [-0.15, -0.1) is 0 Å². The lowest BCUT2D eigenvalue weighted by Crippen LogP contribution is -2.21. The van der Waals surface area contributed by atoms with Crippen LogP contribution >= 0.6 is 0 Å². The van der Waals surface area contributed by atoms with Crippen molar-refractivity contribution in [2.24, 2.45) is 0 Å². The third-order valence-corrected chi connectivity index (χ3v) is 3.58. The van der Waals surface area contributed by atoms with Gasteiger partial charge in [0.2, 0.25) is 0 Å². The average molecular weight is 302 g/mol. The molecule has 0 radical (unpaired) electrons. The van der Waals surface area contributed by atoms with E-state index < -0.39 is 0 Å². The number of esters is 1. The summed E-state index contributed by atoms with van der Waals surface area (Å²) in [5, 5.41) is 0. The average Bonchev–Trinajstić information content (AvgIpc) is 2.52. The predicted octanol–water partition coefficient (Wildman–Crippen LogP) is 5.67. The molecule has 1 unspecified atom stereocenters. The van der Waals surface area contributed by atoms with Crippen LogP contribution in [-0.4, -0.2) is 12.1 Å². The second-order valence-electron chi connectivity index (χ2n) is 5.64. The maximum atomic E-state index is 11.1. The molecule has 1 fully saturated rings. The Kier molecular flexibility index (Phi) is 11.0. The van der Waals surface area contributed by atoms with E-state index in [9.17, 15) is 4.79 Å². The van der Waals surface area contributed by atoms with Gasteiger partial charge in [-0.2, -0.15) is 0 Å². The summed E-state index contributed by atoms with van der Waals surface area (Å²) in [5.74, 6) is -0.0736. The van der Waals surface area contributed by atoms with Crippen LogP contribution < -0.4 is 0 Å². The summed E-state index contributed by atoms with van der Waals surface area (Å²) in [5.41, 5.74) is 0. The van der Waals surface area contributed by atoms with Crippen molar-refractivity contribution in [1.29, 1.82) is 0 Å². The van der Waals surface area contributed by atoms with Gasteiger partial charge in [0.1, 0.15) is 6.10 Å².